The van der Waals surface area contributed by atoms with Gasteiger partial charge in [-0.15, -0.1) is 10.2 Å². The highest BCUT2D eigenvalue weighted by molar-refractivity contribution is 7.99. The van der Waals surface area contributed by atoms with E-state index in [9.17, 15) is 9.18 Å². The van der Waals surface area contributed by atoms with Gasteiger partial charge in [0.05, 0.1) is 16.8 Å². The highest BCUT2D eigenvalue weighted by Crippen LogP contribution is 2.19. The first-order valence-electron chi connectivity index (χ1n) is 9.01. The van der Waals surface area contributed by atoms with Crippen LogP contribution in [-0.4, -0.2) is 31.8 Å². The first kappa shape index (κ1) is 19.1. The number of nitrogens with zero attached hydrogens (tertiary/aromatic N) is 3. The predicted molar refractivity (Wildman–Crippen MR) is 108 cm³/mol. The number of thioether (sulfide) groups is 1. The molecule has 0 aliphatic rings. The first-order chi connectivity index (χ1) is 14.1. The van der Waals surface area contributed by atoms with Crippen LogP contribution in [-0.2, 0) is 17.6 Å². The topological polar surface area (TPSA) is 96.7 Å². The fourth-order valence-electron chi connectivity index (χ4n) is 2.74. The van der Waals surface area contributed by atoms with Crippen molar-refractivity contribution < 1.29 is 13.6 Å². The lowest BCUT2D eigenvalue weighted by atomic mass is 10.2. The van der Waals surface area contributed by atoms with E-state index in [1.165, 1.54) is 6.07 Å². The molecule has 2 aromatic carbocycles. The molecule has 4 aromatic rings. The van der Waals surface area contributed by atoms with Gasteiger partial charge < -0.3 is 14.7 Å². The van der Waals surface area contributed by atoms with Crippen molar-refractivity contribution in [2.24, 2.45) is 0 Å². The zero-order valence-electron chi connectivity index (χ0n) is 15.6. The van der Waals surface area contributed by atoms with Crippen molar-refractivity contribution in [1.82, 2.24) is 20.2 Å². The van der Waals surface area contributed by atoms with Crippen LogP contribution < -0.4 is 5.32 Å². The maximum absolute atomic E-state index is 13.5. The summed E-state index contributed by atoms with van der Waals surface area (Å²) in [4.78, 5) is 19.8. The zero-order chi connectivity index (χ0) is 20.2. The van der Waals surface area contributed by atoms with E-state index >= 15 is 0 Å². The zero-order valence-corrected chi connectivity index (χ0v) is 16.4. The molecule has 1 amide bonds. The summed E-state index contributed by atoms with van der Waals surface area (Å²) in [6.07, 6.45) is 1.18. The third kappa shape index (κ3) is 4.80. The lowest BCUT2D eigenvalue weighted by Crippen LogP contribution is -2.14. The molecule has 0 radical (unpaired) electrons. The largest absolute Gasteiger partial charge is 0.416 e. The van der Waals surface area contributed by atoms with Gasteiger partial charge in [0.1, 0.15) is 11.6 Å². The van der Waals surface area contributed by atoms with Gasteiger partial charge in [-0.2, -0.15) is 0 Å². The minimum Gasteiger partial charge on any atom is -0.416 e. The average molecular weight is 411 g/mol. The number of imidazole rings is 1. The summed E-state index contributed by atoms with van der Waals surface area (Å²) < 4.78 is 19.1. The lowest BCUT2D eigenvalue weighted by molar-refractivity contribution is -0.113. The second kappa shape index (κ2) is 8.44. The fourth-order valence-corrected chi connectivity index (χ4v) is 3.32. The third-order valence-corrected chi connectivity index (χ3v) is 5.06. The van der Waals surface area contributed by atoms with Gasteiger partial charge in [0.15, 0.2) is 0 Å². The molecule has 0 aliphatic heterocycles. The molecule has 2 aromatic heterocycles. The maximum Gasteiger partial charge on any atom is 0.277 e. The minimum absolute atomic E-state index is 0.0840. The molecule has 148 valence electrons. The number of H-pyrrole nitrogens is 1. The molecule has 0 unspecified atom stereocenters. The van der Waals surface area contributed by atoms with Gasteiger partial charge in [-0.1, -0.05) is 30.0 Å². The Labute approximate surface area is 170 Å². The van der Waals surface area contributed by atoms with Gasteiger partial charge in [0.2, 0.25) is 11.8 Å². The van der Waals surface area contributed by atoms with Crippen molar-refractivity contribution in [3.05, 3.63) is 65.6 Å². The van der Waals surface area contributed by atoms with Crippen molar-refractivity contribution in [3.8, 4) is 0 Å². The van der Waals surface area contributed by atoms with Crippen molar-refractivity contribution in [2.75, 3.05) is 11.1 Å². The van der Waals surface area contributed by atoms with E-state index in [1.54, 1.807) is 19.1 Å². The van der Waals surface area contributed by atoms with Crippen LogP contribution in [0.1, 0.15) is 17.3 Å². The van der Waals surface area contributed by atoms with Crippen molar-refractivity contribution >= 4 is 34.4 Å². The Kier molecular flexibility index (Phi) is 5.57. The van der Waals surface area contributed by atoms with Gasteiger partial charge in [0, 0.05) is 18.5 Å². The molecule has 0 saturated heterocycles. The fraction of sp³-hybridized carbons (Fsp3) is 0.200. The number of aryl methyl sites for hydroxylation is 3. The quantitative estimate of drug-likeness (QED) is 0.448. The number of halogens is 1. The number of fused-ring (bicyclic) bond motifs is 1. The Morgan fingerprint density at radius 1 is 1.21 bits per heavy atom. The smallest absolute Gasteiger partial charge is 0.277 e. The number of hydrogen-bond acceptors (Lipinski definition) is 6. The van der Waals surface area contributed by atoms with E-state index in [0.29, 0.717) is 35.2 Å². The highest BCUT2D eigenvalue weighted by atomic mass is 32.2. The highest BCUT2D eigenvalue weighted by Gasteiger charge is 2.12. The van der Waals surface area contributed by atoms with Crippen molar-refractivity contribution in [2.45, 2.75) is 25.0 Å². The normalized spacial score (nSPS) is 11.1. The van der Waals surface area contributed by atoms with Gasteiger partial charge in [-0.3, -0.25) is 4.79 Å². The summed E-state index contributed by atoms with van der Waals surface area (Å²) in [6.45, 7) is 1.66. The van der Waals surface area contributed by atoms with E-state index in [-0.39, 0.29) is 17.5 Å². The summed E-state index contributed by atoms with van der Waals surface area (Å²) >= 11 is 1.13. The van der Waals surface area contributed by atoms with Crippen LogP contribution in [0.3, 0.4) is 0 Å². The molecule has 4 rings (SSSR count). The molecular formula is C20H18FN5O2S. The number of carbonyl (C=O) groups excluding carboxylic acids is 1. The molecule has 29 heavy (non-hydrogen) atoms. The second-order valence-electron chi connectivity index (χ2n) is 6.46. The van der Waals surface area contributed by atoms with Crippen LogP contribution in [0.2, 0.25) is 0 Å². The molecular weight excluding hydrogens is 393 g/mol. The Morgan fingerprint density at radius 2 is 2.07 bits per heavy atom. The Balaban J connectivity index is 1.27. The number of aromatic amines is 1. The average Bonchev–Trinajstić information content (AvgIpc) is 3.34. The molecule has 7 nitrogen and oxygen atoms in total. The van der Waals surface area contributed by atoms with E-state index in [1.807, 2.05) is 24.3 Å². The first-order valence-corrected chi connectivity index (χ1v) is 10.0. The molecule has 0 aliphatic carbocycles. The minimum atomic E-state index is -0.360. The SMILES string of the molecule is Cc1ccc(NC(=O)CSc2nnc(CCc3nc4ccccc4[nH]3)o2)cc1F. The van der Waals surface area contributed by atoms with E-state index in [2.05, 4.69) is 25.5 Å². The number of rotatable bonds is 7. The van der Waals surface area contributed by atoms with Crippen LogP contribution >= 0.6 is 11.8 Å². The number of carbonyl (C=O) groups is 1. The molecule has 0 spiro atoms. The van der Waals surface area contributed by atoms with Crippen molar-refractivity contribution in [1.29, 1.82) is 0 Å². The van der Waals surface area contributed by atoms with Crippen LogP contribution in [0.4, 0.5) is 10.1 Å². The standard InChI is InChI=1S/C20H18FN5O2S/c1-12-6-7-13(10-14(12)21)22-18(27)11-29-20-26-25-19(28-20)9-8-17-23-15-4-2-3-5-16(15)24-17/h2-7,10H,8-9,11H2,1H3,(H,22,27)(H,23,24). The van der Waals surface area contributed by atoms with E-state index < -0.39 is 0 Å². The van der Waals surface area contributed by atoms with Gasteiger partial charge in [-0.05, 0) is 36.8 Å². The molecule has 2 N–H and O–H groups in total. The van der Waals surface area contributed by atoms with E-state index in [0.717, 1.165) is 28.6 Å². The van der Waals surface area contributed by atoms with Crippen LogP contribution in [0, 0.1) is 12.7 Å². The number of aromatic nitrogens is 4. The summed E-state index contributed by atoms with van der Waals surface area (Å²) in [5, 5.41) is 10.9. The molecule has 2 heterocycles. The molecule has 0 fully saturated rings. The Bertz CT molecular complexity index is 1120. The predicted octanol–water partition coefficient (Wildman–Crippen LogP) is 3.91. The Morgan fingerprint density at radius 3 is 2.90 bits per heavy atom. The van der Waals surface area contributed by atoms with Gasteiger partial charge in [-0.25, -0.2) is 9.37 Å². The number of hydrogen-bond donors (Lipinski definition) is 2. The molecule has 9 heteroatoms. The van der Waals surface area contributed by atoms with Gasteiger partial charge >= 0.3 is 0 Å². The Hall–Kier alpha value is -3.20. The summed E-state index contributed by atoms with van der Waals surface area (Å²) in [6, 6.07) is 12.4. The monoisotopic (exact) mass is 411 g/mol. The summed E-state index contributed by atoms with van der Waals surface area (Å²) in [5.74, 6) is 0.778. The molecule has 0 saturated carbocycles. The van der Waals surface area contributed by atoms with Crippen LogP contribution in [0.5, 0.6) is 0 Å². The third-order valence-electron chi connectivity index (χ3n) is 4.24. The maximum atomic E-state index is 13.5. The van der Waals surface area contributed by atoms with Gasteiger partial charge in [0.25, 0.3) is 5.22 Å². The van der Waals surface area contributed by atoms with Crippen LogP contribution in [0.25, 0.3) is 11.0 Å². The number of nitrogens with one attached hydrogen (secondary N) is 2. The number of benzene rings is 2. The number of para-hydroxylation sites is 2. The molecule has 0 bridgehead atoms. The summed E-state index contributed by atoms with van der Waals surface area (Å²) in [7, 11) is 0. The summed E-state index contributed by atoms with van der Waals surface area (Å²) in [5.41, 5.74) is 2.85. The number of amides is 1. The lowest BCUT2D eigenvalue weighted by Gasteiger charge is -2.05. The van der Waals surface area contributed by atoms with E-state index in [4.69, 9.17) is 4.42 Å². The number of anilines is 1. The van der Waals surface area contributed by atoms with Crippen LogP contribution in [0.15, 0.2) is 52.1 Å². The second-order valence-corrected chi connectivity index (χ2v) is 7.39. The molecule has 0 atom stereocenters. The van der Waals surface area contributed by atoms with Crippen molar-refractivity contribution in [3.63, 3.8) is 0 Å².